The third kappa shape index (κ3) is 6.96. The summed E-state index contributed by atoms with van der Waals surface area (Å²) < 4.78 is 134. The van der Waals surface area contributed by atoms with Crippen molar-refractivity contribution >= 4 is 5.97 Å². The highest BCUT2D eigenvalue weighted by Crippen LogP contribution is 2.36. The van der Waals surface area contributed by atoms with Crippen molar-refractivity contribution in [1.82, 2.24) is 4.90 Å². The summed E-state index contributed by atoms with van der Waals surface area (Å²) in [6.07, 6.45) is -8.21. The molecule has 0 saturated carbocycles. The summed E-state index contributed by atoms with van der Waals surface area (Å²) in [4.78, 5) is 12.5. The molecule has 0 aliphatic rings. The van der Waals surface area contributed by atoms with E-state index in [4.69, 9.17) is 26.7 Å². The van der Waals surface area contributed by atoms with E-state index < -0.39 is 76.8 Å². The van der Waals surface area contributed by atoms with Crippen molar-refractivity contribution in [3.63, 3.8) is 0 Å². The van der Waals surface area contributed by atoms with Crippen LogP contribution < -0.4 is 4.74 Å². The van der Waals surface area contributed by atoms with Crippen LogP contribution in [0.5, 0.6) is 5.75 Å². The van der Waals surface area contributed by atoms with Crippen molar-refractivity contribution in [1.29, 1.82) is 0 Å². The van der Waals surface area contributed by atoms with E-state index in [-0.39, 0.29) is 21.8 Å². The highest BCUT2D eigenvalue weighted by Gasteiger charge is 2.22. The van der Waals surface area contributed by atoms with Gasteiger partial charge in [-0.2, -0.15) is 0 Å². The van der Waals surface area contributed by atoms with E-state index in [2.05, 4.69) is 0 Å². The molecule has 30 heavy (non-hydrogen) atoms. The molecule has 4 heteroatoms. The van der Waals surface area contributed by atoms with Crippen LogP contribution in [0.1, 0.15) is 91.3 Å². The van der Waals surface area contributed by atoms with Gasteiger partial charge in [0.05, 0.1) is 15.2 Å². The number of esters is 1. The zero-order chi connectivity index (χ0) is 35.9. The molecular formula is C26H37NO3. The zero-order valence-electron chi connectivity index (χ0n) is 32.9. The Morgan fingerprint density at radius 2 is 1.83 bits per heavy atom. The Hall–Kier alpha value is -2.17. The normalized spacial score (nSPS) is 23.5. The van der Waals surface area contributed by atoms with E-state index in [0.29, 0.717) is 5.56 Å². The fraction of sp³-hybridized carbons (Fsp3) is 0.500. The molecular weight excluding hydrogens is 374 g/mol. The molecule has 0 heterocycles. The van der Waals surface area contributed by atoms with Crippen LogP contribution in [0.4, 0.5) is 0 Å². The van der Waals surface area contributed by atoms with Gasteiger partial charge < -0.3 is 14.7 Å². The molecule has 1 atom stereocenters. The topological polar surface area (TPSA) is 49.8 Å². The molecule has 0 aromatic heterocycles. The minimum Gasteiger partial charge on any atom is -0.426 e. The second-order valence-electron chi connectivity index (χ2n) is 6.82. The van der Waals surface area contributed by atoms with Gasteiger partial charge in [0.2, 0.25) is 0 Å². The molecule has 2 rings (SSSR count). The highest BCUT2D eigenvalue weighted by molar-refractivity contribution is 5.75. The second-order valence-corrected chi connectivity index (χ2v) is 6.82. The largest absolute Gasteiger partial charge is 0.426 e. The molecule has 0 bridgehead atoms. The Kier molecular flexibility index (Phi) is 4.16. The average molecular weight is 428 g/mol. The molecule has 1 N–H and O–H groups in total. The maximum Gasteiger partial charge on any atom is 0.313 e. The van der Waals surface area contributed by atoms with Crippen molar-refractivity contribution in [2.75, 3.05) is 19.5 Å². The van der Waals surface area contributed by atoms with Crippen LogP contribution in [0.2, 0.25) is 0 Å². The van der Waals surface area contributed by atoms with Gasteiger partial charge >= 0.3 is 5.97 Å². The van der Waals surface area contributed by atoms with Crippen molar-refractivity contribution in [2.45, 2.75) is 59.2 Å². The molecule has 0 spiro atoms. The maximum atomic E-state index is 12.6. The molecule has 164 valence electrons. The van der Waals surface area contributed by atoms with Gasteiger partial charge in [0.15, 0.2) is 0 Å². The van der Waals surface area contributed by atoms with E-state index in [1.165, 1.54) is 6.07 Å². The SMILES string of the molecule is [2H]C([2H])(O)c1ccc(OC(=O)C(C)C)c([C@H](CCN(C([2H])([2H])C([2H])([2H])C([2H])([2H])[2H])C([2H])([2H])C([2H])([2H])C([2H])([2H])[2H])c2ccccc2)c1. The Morgan fingerprint density at radius 1 is 1.13 bits per heavy atom. The summed E-state index contributed by atoms with van der Waals surface area (Å²) in [7, 11) is 0. The summed E-state index contributed by atoms with van der Waals surface area (Å²) in [6.45, 7) is -15.9. The third-order valence-corrected chi connectivity index (χ3v) is 4.42. The van der Waals surface area contributed by atoms with Crippen molar-refractivity contribution in [3.05, 3.63) is 65.2 Å². The summed E-state index contributed by atoms with van der Waals surface area (Å²) in [6, 6.07) is 11.5. The van der Waals surface area contributed by atoms with Crippen molar-refractivity contribution < 1.29 is 36.6 Å². The van der Waals surface area contributed by atoms with E-state index >= 15 is 0 Å². The number of ether oxygens (including phenoxy) is 1. The highest BCUT2D eigenvalue weighted by atomic mass is 16.5. The van der Waals surface area contributed by atoms with Crippen molar-refractivity contribution in [3.8, 4) is 5.75 Å². The van der Waals surface area contributed by atoms with Crippen LogP contribution in [0.25, 0.3) is 0 Å². The van der Waals surface area contributed by atoms with Crippen LogP contribution >= 0.6 is 0 Å². The van der Waals surface area contributed by atoms with E-state index in [1.807, 2.05) is 0 Å². The first-order chi connectivity index (χ1) is 20.5. The van der Waals surface area contributed by atoms with Gasteiger partial charge in [0.1, 0.15) is 5.75 Å². The number of hydrogen-bond donors (Lipinski definition) is 1. The van der Waals surface area contributed by atoms with E-state index in [1.54, 1.807) is 44.2 Å². The summed E-state index contributed by atoms with van der Waals surface area (Å²) in [5.74, 6) is -2.52. The number of nitrogens with zero attached hydrogens (tertiary/aromatic N) is 1. The van der Waals surface area contributed by atoms with E-state index in [9.17, 15) is 9.90 Å². The van der Waals surface area contributed by atoms with E-state index in [0.717, 1.165) is 12.1 Å². The molecule has 0 unspecified atom stereocenters. The quantitative estimate of drug-likeness (QED) is 0.365. The lowest BCUT2D eigenvalue weighted by atomic mass is 9.86. The number of carbonyl (C=O) groups is 1. The van der Waals surface area contributed by atoms with Gasteiger partial charge in [0, 0.05) is 30.7 Å². The Morgan fingerprint density at radius 3 is 2.43 bits per heavy atom. The molecule has 4 nitrogen and oxygen atoms in total. The molecule has 2 aromatic carbocycles. The fourth-order valence-corrected chi connectivity index (χ4v) is 2.93. The van der Waals surface area contributed by atoms with Crippen LogP contribution in [0.3, 0.4) is 0 Å². The second kappa shape index (κ2) is 12.5. The van der Waals surface area contributed by atoms with Gasteiger partial charge in [-0.3, -0.25) is 4.79 Å². The Balaban J connectivity index is 2.89. The molecule has 0 saturated heterocycles. The number of hydrogen-bond acceptors (Lipinski definition) is 4. The summed E-state index contributed by atoms with van der Waals surface area (Å²) in [5, 5.41) is 10.1. The standard InChI is InChI=1S/C26H37NO3/c1-5-15-27(16-6-2)17-14-23(22-10-8-7-9-11-22)24-18-21(19-28)12-13-25(24)30-26(29)20(3)4/h7-13,18,20,23,28H,5-6,14-17,19H2,1-4H3/t23-/m1/s1/i1D3,2D3,5D2,6D2,15D2,16D2,19D2. The number of aliphatic hydroxyl groups is 1. The Labute approximate surface area is 204 Å². The van der Waals surface area contributed by atoms with Crippen LogP contribution in [0, 0.1) is 5.92 Å². The van der Waals surface area contributed by atoms with Crippen molar-refractivity contribution in [2.24, 2.45) is 5.92 Å². The molecule has 0 aliphatic carbocycles. The molecule has 0 fully saturated rings. The fourth-order valence-electron chi connectivity index (χ4n) is 2.93. The molecule has 0 aliphatic heterocycles. The number of benzene rings is 2. The van der Waals surface area contributed by atoms with Gasteiger partial charge in [-0.25, -0.2) is 0 Å². The van der Waals surface area contributed by atoms with Gasteiger partial charge in [-0.05, 0) is 62.0 Å². The molecule has 0 amide bonds. The average Bonchev–Trinajstić information content (AvgIpc) is 2.89. The minimum absolute atomic E-state index is 0.0364. The van der Waals surface area contributed by atoms with Gasteiger partial charge in [0.25, 0.3) is 0 Å². The molecule has 0 radical (unpaired) electrons. The monoisotopic (exact) mass is 427 g/mol. The smallest absolute Gasteiger partial charge is 0.313 e. The predicted octanol–water partition coefficient (Wildman–Crippen LogP) is 5.38. The summed E-state index contributed by atoms with van der Waals surface area (Å²) in [5.41, 5.74) is 0.140. The zero-order valence-corrected chi connectivity index (χ0v) is 16.9. The lowest BCUT2D eigenvalue weighted by Gasteiger charge is -2.26. The minimum atomic E-state index is -3.86. The Bertz CT molecular complexity index is 1310. The number of carbonyl (C=O) groups excluding carboxylic acids is 1. The first-order valence-corrected chi connectivity index (χ1v) is 9.43. The van der Waals surface area contributed by atoms with Gasteiger partial charge in [-0.1, -0.05) is 63.9 Å². The van der Waals surface area contributed by atoms with Crippen LogP contribution in [0.15, 0.2) is 48.5 Å². The van der Waals surface area contributed by atoms with Gasteiger partial charge in [-0.15, -0.1) is 0 Å². The lowest BCUT2D eigenvalue weighted by Crippen LogP contribution is -2.28. The molecule has 2 aromatic rings. The summed E-state index contributed by atoms with van der Waals surface area (Å²) >= 11 is 0. The third-order valence-electron chi connectivity index (χ3n) is 4.42. The first-order valence-electron chi connectivity index (χ1n) is 17.4. The lowest BCUT2D eigenvalue weighted by molar-refractivity contribution is -0.137. The predicted molar refractivity (Wildman–Crippen MR) is 123 cm³/mol. The van der Waals surface area contributed by atoms with Crippen LogP contribution in [-0.4, -0.2) is 35.5 Å². The number of rotatable bonds is 12. The first kappa shape index (κ1) is 9.97. The van der Waals surface area contributed by atoms with Crippen LogP contribution in [-0.2, 0) is 11.4 Å². The maximum absolute atomic E-state index is 12.6.